The maximum atomic E-state index is 12.0. The molecule has 4 heteroatoms. The van der Waals surface area contributed by atoms with Crippen LogP contribution in [-0.4, -0.2) is 18.7 Å². The molecule has 21 heavy (non-hydrogen) atoms. The lowest BCUT2D eigenvalue weighted by molar-refractivity contribution is 0.0955. The molecule has 2 rings (SSSR count). The highest BCUT2D eigenvalue weighted by Gasteiger charge is 2.05. The molecule has 0 atom stereocenters. The first-order valence-electron chi connectivity index (χ1n) is 6.66. The quantitative estimate of drug-likeness (QED) is 0.691. The van der Waals surface area contributed by atoms with Gasteiger partial charge in [0.25, 0.3) is 5.91 Å². The summed E-state index contributed by atoms with van der Waals surface area (Å²) in [6.45, 7) is 3.89. The molecule has 0 aromatic heterocycles. The van der Waals surface area contributed by atoms with E-state index in [1.54, 1.807) is 31.4 Å². The van der Waals surface area contributed by atoms with E-state index in [0.29, 0.717) is 11.3 Å². The van der Waals surface area contributed by atoms with Crippen LogP contribution in [0.15, 0.2) is 53.6 Å². The number of ether oxygens (including phenoxy) is 1. The Bertz CT molecular complexity index is 643. The first-order valence-corrected chi connectivity index (χ1v) is 6.66. The molecule has 2 aromatic carbocycles. The molecule has 2 aromatic rings. The lowest BCUT2D eigenvalue weighted by atomic mass is 10.1. The SMILES string of the molecule is COc1ccc(C(=O)N/N=C(/C)c2ccc(C)cc2)cc1. The smallest absolute Gasteiger partial charge is 0.271 e. The summed E-state index contributed by atoms with van der Waals surface area (Å²) in [7, 11) is 1.59. The van der Waals surface area contributed by atoms with Crippen LogP contribution in [0.25, 0.3) is 0 Å². The minimum absolute atomic E-state index is 0.246. The zero-order valence-electron chi connectivity index (χ0n) is 12.4. The second-order valence-electron chi connectivity index (χ2n) is 4.73. The van der Waals surface area contributed by atoms with E-state index >= 15 is 0 Å². The molecule has 108 valence electrons. The van der Waals surface area contributed by atoms with Gasteiger partial charge in [0.05, 0.1) is 12.8 Å². The van der Waals surface area contributed by atoms with Crippen molar-refractivity contribution in [1.82, 2.24) is 5.43 Å². The number of aryl methyl sites for hydroxylation is 1. The largest absolute Gasteiger partial charge is 0.497 e. The Hall–Kier alpha value is -2.62. The van der Waals surface area contributed by atoms with Crippen molar-refractivity contribution in [2.45, 2.75) is 13.8 Å². The van der Waals surface area contributed by atoms with Crippen molar-refractivity contribution in [3.63, 3.8) is 0 Å². The third kappa shape index (κ3) is 3.92. The summed E-state index contributed by atoms with van der Waals surface area (Å²) in [6, 6.07) is 14.9. The van der Waals surface area contributed by atoms with E-state index < -0.39 is 0 Å². The van der Waals surface area contributed by atoms with Crippen molar-refractivity contribution in [1.29, 1.82) is 0 Å². The Morgan fingerprint density at radius 3 is 2.14 bits per heavy atom. The summed E-state index contributed by atoms with van der Waals surface area (Å²) in [4.78, 5) is 12.0. The van der Waals surface area contributed by atoms with Gasteiger partial charge in [0.2, 0.25) is 0 Å². The van der Waals surface area contributed by atoms with Gasteiger partial charge in [-0.2, -0.15) is 5.10 Å². The summed E-state index contributed by atoms with van der Waals surface area (Å²) in [5, 5.41) is 4.13. The van der Waals surface area contributed by atoms with Crippen LogP contribution in [0.1, 0.15) is 28.4 Å². The third-order valence-corrected chi connectivity index (χ3v) is 3.15. The number of nitrogens with one attached hydrogen (secondary N) is 1. The molecule has 0 heterocycles. The summed E-state index contributed by atoms with van der Waals surface area (Å²) < 4.78 is 5.06. The molecule has 0 saturated heterocycles. The molecule has 0 radical (unpaired) electrons. The molecule has 1 N–H and O–H groups in total. The fourth-order valence-corrected chi connectivity index (χ4v) is 1.80. The van der Waals surface area contributed by atoms with Crippen LogP contribution in [0, 0.1) is 6.92 Å². The number of rotatable bonds is 4. The molecule has 1 amide bonds. The van der Waals surface area contributed by atoms with Gasteiger partial charge in [-0.1, -0.05) is 29.8 Å². The Kier molecular flexibility index (Phi) is 4.72. The van der Waals surface area contributed by atoms with Gasteiger partial charge in [0.15, 0.2) is 0 Å². The van der Waals surface area contributed by atoms with Gasteiger partial charge in [-0.3, -0.25) is 4.79 Å². The second-order valence-corrected chi connectivity index (χ2v) is 4.73. The molecule has 0 aliphatic rings. The number of hydrogen-bond acceptors (Lipinski definition) is 3. The summed E-state index contributed by atoms with van der Waals surface area (Å²) in [5.41, 5.74) is 6.03. The number of hydrogen-bond donors (Lipinski definition) is 1. The van der Waals surface area contributed by atoms with E-state index in [1.165, 1.54) is 5.56 Å². The van der Waals surface area contributed by atoms with Crippen LogP contribution >= 0.6 is 0 Å². The average molecular weight is 282 g/mol. The highest BCUT2D eigenvalue weighted by atomic mass is 16.5. The van der Waals surface area contributed by atoms with Gasteiger partial charge in [-0.25, -0.2) is 5.43 Å². The number of methoxy groups -OCH3 is 1. The molecule has 0 bridgehead atoms. The zero-order valence-corrected chi connectivity index (χ0v) is 12.4. The van der Waals surface area contributed by atoms with Crippen molar-refractivity contribution in [2.24, 2.45) is 5.10 Å². The number of benzene rings is 2. The number of amides is 1. The zero-order chi connectivity index (χ0) is 15.2. The van der Waals surface area contributed by atoms with Crippen LogP contribution in [0.5, 0.6) is 5.75 Å². The molecule has 0 unspecified atom stereocenters. The topological polar surface area (TPSA) is 50.7 Å². The van der Waals surface area contributed by atoms with Crippen molar-refractivity contribution in [3.8, 4) is 5.75 Å². The number of hydrazone groups is 1. The molecule has 4 nitrogen and oxygen atoms in total. The van der Waals surface area contributed by atoms with Crippen molar-refractivity contribution < 1.29 is 9.53 Å². The molecular formula is C17H18N2O2. The fraction of sp³-hybridized carbons (Fsp3) is 0.176. The van der Waals surface area contributed by atoms with E-state index in [0.717, 1.165) is 11.3 Å². The standard InChI is InChI=1S/C17H18N2O2/c1-12-4-6-14(7-5-12)13(2)18-19-17(20)15-8-10-16(21-3)11-9-15/h4-11H,1-3H3,(H,19,20)/b18-13-. The first kappa shape index (κ1) is 14.8. The van der Waals surface area contributed by atoms with Gasteiger partial charge in [0, 0.05) is 5.56 Å². The average Bonchev–Trinajstić information content (AvgIpc) is 2.53. The summed E-state index contributed by atoms with van der Waals surface area (Å²) in [5.74, 6) is 0.468. The van der Waals surface area contributed by atoms with Crippen molar-refractivity contribution in [3.05, 3.63) is 65.2 Å². The highest BCUT2D eigenvalue weighted by Crippen LogP contribution is 2.11. The Labute approximate surface area is 124 Å². The minimum Gasteiger partial charge on any atom is -0.497 e. The van der Waals surface area contributed by atoms with E-state index in [1.807, 2.05) is 38.1 Å². The van der Waals surface area contributed by atoms with Crippen molar-refractivity contribution in [2.75, 3.05) is 7.11 Å². The molecular weight excluding hydrogens is 264 g/mol. The Morgan fingerprint density at radius 1 is 1.00 bits per heavy atom. The summed E-state index contributed by atoms with van der Waals surface area (Å²) in [6.07, 6.45) is 0. The van der Waals surface area contributed by atoms with Gasteiger partial charge < -0.3 is 4.74 Å². The van der Waals surface area contributed by atoms with E-state index in [4.69, 9.17) is 4.74 Å². The lowest BCUT2D eigenvalue weighted by Gasteiger charge is -2.04. The molecule has 0 saturated carbocycles. The predicted octanol–water partition coefficient (Wildman–Crippen LogP) is 3.16. The molecule has 0 spiro atoms. The molecule has 0 fully saturated rings. The Balaban J connectivity index is 2.04. The number of carbonyl (C=O) groups is 1. The monoisotopic (exact) mass is 282 g/mol. The molecule has 0 aliphatic heterocycles. The van der Waals surface area contributed by atoms with Crippen LogP contribution in [0.2, 0.25) is 0 Å². The number of carbonyl (C=O) groups excluding carboxylic acids is 1. The first-order chi connectivity index (χ1) is 10.1. The highest BCUT2D eigenvalue weighted by molar-refractivity contribution is 6.00. The minimum atomic E-state index is -0.246. The summed E-state index contributed by atoms with van der Waals surface area (Å²) >= 11 is 0. The van der Waals surface area contributed by atoms with Gasteiger partial charge in [-0.05, 0) is 43.7 Å². The second kappa shape index (κ2) is 6.70. The number of nitrogens with zero attached hydrogens (tertiary/aromatic N) is 1. The molecule has 0 aliphatic carbocycles. The van der Waals surface area contributed by atoms with E-state index in [2.05, 4.69) is 10.5 Å². The maximum absolute atomic E-state index is 12.0. The maximum Gasteiger partial charge on any atom is 0.271 e. The Morgan fingerprint density at radius 2 is 1.57 bits per heavy atom. The van der Waals surface area contributed by atoms with Crippen molar-refractivity contribution >= 4 is 11.6 Å². The van der Waals surface area contributed by atoms with Crippen LogP contribution < -0.4 is 10.2 Å². The normalized spacial score (nSPS) is 11.1. The lowest BCUT2D eigenvalue weighted by Crippen LogP contribution is -2.19. The van der Waals surface area contributed by atoms with Crippen LogP contribution in [0.3, 0.4) is 0 Å². The van der Waals surface area contributed by atoms with Crippen LogP contribution in [-0.2, 0) is 0 Å². The fourth-order valence-electron chi connectivity index (χ4n) is 1.80. The predicted molar refractivity (Wildman–Crippen MR) is 83.9 cm³/mol. The van der Waals surface area contributed by atoms with Crippen LogP contribution in [0.4, 0.5) is 0 Å². The van der Waals surface area contributed by atoms with Gasteiger partial charge in [-0.15, -0.1) is 0 Å². The third-order valence-electron chi connectivity index (χ3n) is 3.15. The van der Waals surface area contributed by atoms with Gasteiger partial charge >= 0.3 is 0 Å². The van der Waals surface area contributed by atoms with Gasteiger partial charge in [0.1, 0.15) is 5.75 Å². The van der Waals surface area contributed by atoms with E-state index in [9.17, 15) is 4.79 Å². The van der Waals surface area contributed by atoms with E-state index in [-0.39, 0.29) is 5.91 Å².